The Labute approximate surface area is 154 Å². The summed E-state index contributed by atoms with van der Waals surface area (Å²) in [6.45, 7) is 7.38. The Bertz CT molecular complexity index is 764. The molecular weight excluding hydrogens is 326 g/mol. The number of hydrogen-bond acceptors (Lipinski definition) is 5. The van der Waals surface area contributed by atoms with Gasteiger partial charge in [-0.25, -0.2) is 9.97 Å². The van der Waals surface area contributed by atoms with Gasteiger partial charge in [0.15, 0.2) is 0 Å². The summed E-state index contributed by atoms with van der Waals surface area (Å²) in [7, 11) is 0. The summed E-state index contributed by atoms with van der Waals surface area (Å²) in [6.07, 6.45) is 3.48. The molecule has 1 fully saturated rings. The van der Waals surface area contributed by atoms with Gasteiger partial charge in [0.2, 0.25) is 11.9 Å². The van der Waals surface area contributed by atoms with E-state index in [1.807, 2.05) is 49.1 Å². The van der Waals surface area contributed by atoms with Crippen LogP contribution in [0, 0.1) is 6.92 Å². The number of carbonyl (C=O) groups excluding carboxylic acids is 1. The second-order valence-corrected chi connectivity index (χ2v) is 7.52. The summed E-state index contributed by atoms with van der Waals surface area (Å²) in [5.41, 5.74) is 8.17. The molecule has 6 heteroatoms. The zero-order chi connectivity index (χ0) is 18.7. The first-order valence-corrected chi connectivity index (χ1v) is 9.08. The highest BCUT2D eigenvalue weighted by Gasteiger charge is 2.34. The summed E-state index contributed by atoms with van der Waals surface area (Å²) < 4.78 is 0. The van der Waals surface area contributed by atoms with Crippen molar-refractivity contribution in [1.29, 1.82) is 0 Å². The Morgan fingerprint density at radius 2 is 1.85 bits per heavy atom. The summed E-state index contributed by atoms with van der Waals surface area (Å²) in [6, 6.07) is 10.0. The van der Waals surface area contributed by atoms with Gasteiger partial charge in [-0.1, -0.05) is 17.7 Å². The number of anilines is 2. The number of nitrogen functional groups attached to an aromatic ring is 1. The van der Waals surface area contributed by atoms with E-state index in [1.54, 1.807) is 6.20 Å². The number of amides is 1. The fourth-order valence-electron chi connectivity index (χ4n) is 3.44. The summed E-state index contributed by atoms with van der Waals surface area (Å²) in [5, 5.41) is 3.36. The summed E-state index contributed by atoms with van der Waals surface area (Å²) >= 11 is 0. The van der Waals surface area contributed by atoms with Crippen molar-refractivity contribution in [3.8, 4) is 0 Å². The quantitative estimate of drug-likeness (QED) is 0.883. The number of likely N-dealkylation sites (tertiary alicyclic amines) is 1. The van der Waals surface area contributed by atoms with Gasteiger partial charge in [-0.15, -0.1) is 0 Å². The van der Waals surface area contributed by atoms with Crippen LogP contribution in [0.4, 0.5) is 11.6 Å². The van der Waals surface area contributed by atoms with Crippen LogP contribution in [-0.2, 0) is 4.79 Å². The zero-order valence-electron chi connectivity index (χ0n) is 15.7. The third-order valence-electron chi connectivity index (χ3n) is 4.94. The molecule has 0 saturated carbocycles. The average molecular weight is 353 g/mol. The molecule has 0 unspecified atom stereocenters. The number of aromatic nitrogens is 2. The number of aryl methyl sites for hydroxylation is 1. The number of benzene rings is 1. The Hall–Kier alpha value is -2.63. The van der Waals surface area contributed by atoms with E-state index in [1.165, 1.54) is 5.56 Å². The van der Waals surface area contributed by atoms with E-state index in [0.29, 0.717) is 11.9 Å². The molecule has 2 aromatic rings. The molecule has 0 spiro atoms. The molecule has 1 aromatic heterocycles. The van der Waals surface area contributed by atoms with Crippen LogP contribution < -0.4 is 11.1 Å². The highest BCUT2D eigenvalue weighted by atomic mass is 16.2. The Morgan fingerprint density at radius 1 is 1.19 bits per heavy atom. The smallest absolute Gasteiger partial charge is 0.247 e. The van der Waals surface area contributed by atoms with Crippen molar-refractivity contribution in [3.05, 3.63) is 47.8 Å². The molecule has 26 heavy (non-hydrogen) atoms. The van der Waals surface area contributed by atoms with Gasteiger partial charge in [-0.3, -0.25) is 4.79 Å². The van der Waals surface area contributed by atoms with Crippen LogP contribution in [0.1, 0.15) is 43.9 Å². The second kappa shape index (κ2) is 7.32. The van der Waals surface area contributed by atoms with Gasteiger partial charge in [-0.2, -0.15) is 0 Å². The van der Waals surface area contributed by atoms with Crippen molar-refractivity contribution >= 4 is 17.5 Å². The van der Waals surface area contributed by atoms with Crippen LogP contribution >= 0.6 is 0 Å². The monoisotopic (exact) mass is 353 g/mol. The molecule has 3 rings (SSSR count). The highest BCUT2D eigenvalue weighted by molar-refractivity contribution is 5.88. The molecule has 2 heterocycles. The van der Waals surface area contributed by atoms with E-state index < -0.39 is 5.54 Å². The molecule has 0 atom stereocenters. The van der Waals surface area contributed by atoms with E-state index in [-0.39, 0.29) is 5.91 Å². The highest BCUT2D eigenvalue weighted by Crippen LogP contribution is 2.28. The molecule has 6 nitrogen and oxygen atoms in total. The van der Waals surface area contributed by atoms with Gasteiger partial charge in [0.05, 0.1) is 0 Å². The largest absolute Gasteiger partial charge is 0.372 e. The van der Waals surface area contributed by atoms with Gasteiger partial charge in [0.25, 0.3) is 0 Å². The predicted octanol–water partition coefficient (Wildman–Crippen LogP) is 2.96. The van der Waals surface area contributed by atoms with E-state index in [9.17, 15) is 4.79 Å². The van der Waals surface area contributed by atoms with Crippen LogP contribution in [0.15, 0.2) is 36.5 Å². The summed E-state index contributed by atoms with van der Waals surface area (Å²) in [5.74, 6) is 0.765. The molecular formula is C20H27N5O. The molecule has 1 amide bonds. The van der Waals surface area contributed by atoms with Crippen molar-refractivity contribution in [3.63, 3.8) is 0 Å². The maximum absolute atomic E-state index is 13.0. The number of piperidine rings is 1. The minimum Gasteiger partial charge on any atom is -0.372 e. The lowest BCUT2D eigenvalue weighted by Crippen LogP contribution is -2.52. The SMILES string of the molecule is Cc1ccc(NC(C)(C)C(=O)N2CCC(c3ccnc(N)n3)CC2)cc1. The lowest BCUT2D eigenvalue weighted by atomic mass is 9.91. The standard InChI is InChI=1S/C20H27N5O/c1-14-4-6-16(7-5-14)24-20(2,3)18(26)25-12-9-15(10-13-25)17-8-11-22-19(21)23-17/h4-8,11,15,24H,9-10,12-13H2,1-3H3,(H2,21,22,23). The maximum Gasteiger partial charge on any atom is 0.247 e. The number of nitrogens with two attached hydrogens (primary N) is 1. The maximum atomic E-state index is 13.0. The predicted molar refractivity (Wildman–Crippen MR) is 104 cm³/mol. The van der Waals surface area contributed by atoms with Crippen molar-refractivity contribution in [2.75, 3.05) is 24.1 Å². The van der Waals surface area contributed by atoms with Gasteiger partial charge in [0.1, 0.15) is 5.54 Å². The number of nitrogens with one attached hydrogen (secondary N) is 1. The minimum atomic E-state index is -0.651. The van der Waals surface area contributed by atoms with Crippen LogP contribution in [-0.4, -0.2) is 39.4 Å². The number of nitrogens with zero attached hydrogens (tertiary/aromatic N) is 3. The Kier molecular flexibility index (Phi) is 5.11. The van der Waals surface area contributed by atoms with Crippen LogP contribution in [0.3, 0.4) is 0 Å². The average Bonchev–Trinajstić information content (AvgIpc) is 2.63. The number of hydrogen-bond donors (Lipinski definition) is 2. The number of carbonyl (C=O) groups is 1. The van der Waals surface area contributed by atoms with Crippen LogP contribution in [0.2, 0.25) is 0 Å². The van der Waals surface area contributed by atoms with Gasteiger partial charge >= 0.3 is 0 Å². The third kappa shape index (κ3) is 4.12. The second-order valence-electron chi connectivity index (χ2n) is 7.52. The number of rotatable bonds is 4. The molecule has 0 radical (unpaired) electrons. The first kappa shape index (κ1) is 18.2. The van der Waals surface area contributed by atoms with E-state index in [0.717, 1.165) is 37.3 Å². The fourth-order valence-corrected chi connectivity index (χ4v) is 3.44. The van der Waals surface area contributed by atoms with Crippen LogP contribution in [0.5, 0.6) is 0 Å². The normalized spacial score (nSPS) is 15.7. The van der Waals surface area contributed by atoms with Crippen molar-refractivity contribution < 1.29 is 4.79 Å². The van der Waals surface area contributed by atoms with E-state index in [4.69, 9.17) is 5.73 Å². The Balaban J connectivity index is 1.61. The summed E-state index contributed by atoms with van der Waals surface area (Å²) in [4.78, 5) is 23.2. The topological polar surface area (TPSA) is 84.1 Å². The molecule has 1 aliphatic heterocycles. The molecule has 1 aromatic carbocycles. The lowest BCUT2D eigenvalue weighted by Gasteiger charge is -2.37. The van der Waals surface area contributed by atoms with E-state index >= 15 is 0 Å². The van der Waals surface area contributed by atoms with Gasteiger partial charge in [0, 0.05) is 36.6 Å². The molecule has 1 saturated heterocycles. The van der Waals surface area contributed by atoms with Crippen molar-refractivity contribution in [1.82, 2.24) is 14.9 Å². The zero-order valence-corrected chi connectivity index (χ0v) is 15.7. The van der Waals surface area contributed by atoms with Crippen molar-refractivity contribution in [2.45, 2.75) is 45.1 Å². The fraction of sp³-hybridized carbons (Fsp3) is 0.450. The van der Waals surface area contributed by atoms with E-state index in [2.05, 4.69) is 22.2 Å². The molecule has 0 aliphatic carbocycles. The first-order valence-electron chi connectivity index (χ1n) is 9.08. The van der Waals surface area contributed by atoms with Crippen LogP contribution in [0.25, 0.3) is 0 Å². The molecule has 1 aliphatic rings. The molecule has 0 bridgehead atoms. The first-order chi connectivity index (χ1) is 12.3. The minimum absolute atomic E-state index is 0.124. The molecule has 138 valence electrons. The van der Waals surface area contributed by atoms with Crippen molar-refractivity contribution in [2.24, 2.45) is 0 Å². The van der Waals surface area contributed by atoms with Gasteiger partial charge in [-0.05, 0) is 51.8 Å². The lowest BCUT2D eigenvalue weighted by molar-refractivity contribution is -0.136. The Morgan fingerprint density at radius 3 is 2.46 bits per heavy atom. The third-order valence-corrected chi connectivity index (χ3v) is 4.94. The molecule has 3 N–H and O–H groups in total. The van der Waals surface area contributed by atoms with Gasteiger partial charge < -0.3 is 16.0 Å².